The fourth-order valence-electron chi connectivity index (χ4n) is 3.71. The SMILES string of the molecule is COC1CC(N2CCCC2)C(N(C)C(C)=O)CC1OC. The molecule has 1 heterocycles. The molecule has 0 aromatic heterocycles. The van der Waals surface area contributed by atoms with E-state index in [1.807, 2.05) is 11.9 Å². The smallest absolute Gasteiger partial charge is 0.219 e. The van der Waals surface area contributed by atoms with E-state index in [2.05, 4.69) is 4.90 Å². The molecular weight excluding hydrogens is 256 g/mol. The quantitative estimate of drug-likeness (QED) is 0.776. The molecular formula is C15H28N2O3. The Morgan fingerprint density at radius 1 is 1.10 bits per heavy atom. The molecule has 5 nitrogen and oxygen atoms in total. The first kappa shape index (κ1) is 15.7. The Balaban J connectivity index is 2.16. The molecule has 0 N–H and O–H groups in total. The number of hydrogen-bond acceptors (Lipinski definition) is 4. The van der Waals surface area contributed by atoms with Crippen LogP contribution in [0.4, 0.5) is 0 Å². The van der Waals surface area contributed by atoms with E-state index < -0.39 is 0 Å². The summed E-state index contributed by atoms with van der Waals surface area (Å²) in [6, 6.07) is 0.615. The number of nitrogens with zero attached hydrogens (tertiary/aromatic N) is 2. The van der Waals surface area contributed by atoms with E-state index in [4.69, 9.17) is 9.47 Å². The van der Waals surface area contributed by atoms with E-state index in [0.29, 0.717) is 6.04 Å². The topological polar surface area (TPSA) is 42.0 Å². The first-order chi connectivity index (χ1) is 9.58. The van der Waals surface area contributed by atoms with Crippen LogP contribution in [0.1, 0.15) is 32.6 Å². The maximum Gasteiger partial charge on any atom is 0.219 e. The lowest BCUT2D eigenvalue weighted by molar-refractivity contribution is -0.138. The molecule has 2 fully saturated rings. The highest BCUT2D eigenvalue weighted by atomic mass is 16.5. The fraction of sp³-hybridized carbons (Fsp3) is 0.933. The highest BCUT2D eigenvalue weighted by Crippen LogP contribution is 2.32. The molecule has 2 rings (SSSR count). The molecule has 20 heavy (non-hydrogen) atoms. The number of rotatable bonds is 4. The lowest BCUT2D eigenvalue weighted by Gasteiger charge is -2.47. The van der Waals surface area contributed by atoms with Gasteiger partial charge < -0.3 is 14.4 Å². The van der Waals surface area contributed by atoms with Gasteiger partial charge in [0.05, 0.1) is 12.2 Å². The first-order valence-electron chi connectivity index (χ1n) is 7.61. The molecule has 0 spiro atoms. The van der Waals surface area contributed by atoms with E-state index in [1.54, 1.807) is 21.1 Å². The summed E-state index contributed by atoms with van der Waals surface area (Å²) < 4.78 is 11.2. The maximum absolute atomic E-state index is 11.8. The average molecular weight is 284 g/mol. The number of ether oxygens (including phenoxy) is 2. The van der Waals surface area contributed by atoms with Gasteiger partial charge in [0.2, 0.25) is 5.91 Å². The van der Waals surface area contributed by atoms with Crippen LogP contribution in [-0.2, 0) is 14.3 Å². The molecule has 1 saturated carbocycles. The number of likely N-dealkylation sites (N-methyl/N-ethyl adjacent to an activating group) is 1. The second-order valence-electron chi connectivity index (χ2n) is 6.03. The maximum atomic E-state index is 11.8. The van der Waals surface area contributed by atoms with Gasteiger partial charge in [0.1, 0.15) is 0 Å². The molecule has 0 radical (unpaired) electrons. The van der Waals surface area contributed by atoms with Crippen molar-refractivity contribution in [3.63, 3.8) is 0 Å². The van der Waals surface area contributed by atoms with Gasteiger partial charge in [0, 0.05) is 40.3 Å². The van der Waals surface area contributed by atoms with Crippen molar-refractivity contribution in [3.8, 4) is 0 Å². The molecule has 116 valence electrons. The summed E-state index contributed by atoms with van der Waals surface area (Å²) in [5.41, 5.74) is 0. The van der Waals surface area contributed by atoms with Crippen molar-refractivity contribution in [1.29, 1.82) is 0 Å². The minimum Gasteiger partial charge on any atom is -0.379 e. The highest BCUT2D eigenvalue weighted by molar-refractivity contribution is 5.73. The number of carbonyl (C=O) groups is 1. The molecule has 1 aliphatic carbocycles. The van der Waals surface area contributed by atoms with Gasteiger partial charge in [0.25, 0.3) is 0 Å². The lowest BCUT2D eigenvalue weighted by Crippen LogP contribution is -2.59. The zero-order valence-corrected chi connectivity index (χ0v) is 13.2. The van der Waals surface area contributed by atoms with Crippen molar-refractivity contribution in [2.45, 2.75) is 56.9 Å². The van der Waals surface area contributed by atoms with Gasteiger partial charge in [0.15, 0.2) is 0 Å². The number of amides is 1. The zero-order valence-electron chi connectivity index (χ0n) is 13.2. The van der Waals surface area contributed by atoms with Crippen molar-refractivity contribution < 1.29 is 14.3 Å². The van der Waals surface area contributed by atoms with Crippen molar-refractivity contribution in [3.05, 3.63) is 0 Å². The predicted molar refractivity (Wildman–Crippen MR) is 77.7 cm³/mol. The molecule has 1 saturated heterocycles. The monoisotopic (exact) mass is 284 g/mol. The largest absolute Gasteiger partial charge is 0.379 e. The minimum atomic E-state index is 0.0747. The third-order valence-electron chi connectivity index (χ3n) is 5.02. The molecule has 2 aliphatic rings. The van der Waals surface area contributed by atoms with Crippen LogP contribution in [-0.4, -0.2) is 74.4 Å². The Labute approximate surface area is 122 Å². The van der Waals surface area contributed by atoms with Gasteiger partial charge in [-0.25, -0.2) is 0 Å². The second kappa shape index (κ2) is 6.87. The number of carbonyl (C=O) groups excluding carboxylic acids is 1. The minimum absolute atomic E-state index is 0.0747. The Kier molecular flexibility index (Phi) is 5.41. The highest BCUT2D eigenvalue weighted by Gasteiger charge is 2.43. The van der Waals surface area contributed by atoms with Crippen molar-refractivity contribution in [2.75, 3.05) is 34.4 Å². The van der Waals surface area contributed by atoms with E-state index in [-0.39, 0.29) is 24.2 Å². The number of likely N-dealkylation sites (tertiary alicyclic amines) is 1. The van der Waals surface area contributed by atoms with Crippen LogP contribution in [0.25, 0.3) is 0 Å². The third kappa shape index (κ3) is 3.15. The van der Waals surface area contributed by atoms with Gasteiger partial charge in [-0.1, -0.05) is 0 Å². The third-order valence-corrected chi connectivity index (χ3v) is 5.02. The van der Waals surface area contributed by atoms with Gasteiger partial charge in [-0.15, -0.1) is 0 Å². The summed E-state index contributed by atoms with van der Waals surface area (Å²) in [4.78, 5) is 16.2. The summed E-state index contributed by atoms with van der Waals surface area (Å²) in [6.45, 7) is 3.92. The Bertz CT molecular complexity index is 331. The van der Waals surface area contributed by atoms with Gasteiger partial charge in [-0.05, 0) is 38.8 Å². The average Bonchev–Trinajstić information content (AvgIpc) is 2.98. The Hall–Kier alpha value is -0.650. The Morgan fingerprint density at radius 3 is 2.15 bits per heavy atom. The zero-order chi connectivity index (χ0) is 14.7. The summed E-state index contributed by atoms with van der Waals surface area (Å²) in [6.07, 6.45) is 4.52. The van der Waals surface area contributed by atoms with Crippen LogP contribution in [0, 0.1) is 0 Å². The summed E-state index contributed by atoms with van der Waals surface area (Å²) in [5.74, 6) is 0.130. The lowest BCUT2D eigenvalue weighted by atomic mass is 9.84. The molecule has 0 bridgehead atoms. The van der Waals surface area contributed by atoms with Crippen LogP contribution in [0.3, 0.4) is 0 Å². The normalized spacial score (nSPS) is 35.2. The van der Waals surface area contributed by atoms with E-state index in [9.17, 15) is 4.79 Å². The van der Waals surface area contributed by atoms with Crippen molar-refractivity contribution in [1.82, 2.24) is 9.80 Å². The molecule has 4 atom stereocenters. The first-order valence-corrected chi connectivity index (χ1v) is 7.61. The summed E-state index contributed by atoms with van der Waals surface area (Å²) >= 11 is 0. The van der Waals surface area contributed by atoms with Gasteiger partial charge in [-0.2, -0.15) is 0 Å². The summed E-state index contributed by atoms with van der Waals surface area (Å²) in [5, 5.41) is 0. The van der Waals surface area contributed by atoms with Crippen LogP contribution in [0.2, 0.25) is 0 Å². The summed E-state index contributed by atoms with van der Waals surface area (Å²) in [7, 11) is 5.40. The molecule has 4 unspecified atom stereocenters. The molecule has 0 aromatic rings. The van der Waals surface area contributed by atoms with Gasteiger partial charge >= 0.3 is 0 Å². The number of hydrogen-bond donors (Lipinski definition) is 0. The van der Waals surface area contributed by atoms with E-state index >= 15 is 0 Å². The van der Waals surface area contributed by atoms with Crippen LogP contribution < -0.4 is 0 Å². The molecule has 1 aliphatic heterocycles. The van der Waals surface area contributed by atoms with Crippen molar-refractivity contribution >= 4 is 5.91 Å². The number of methoxy groups -OCH3 is 2. The van der Waals surface area contributed by atoms with E-state index in [0.717, 1.165) is 25.9 Å². The van der Waals surface area contributed by atoms with Crippen molar-refractivity contribution in [2.24, 2.45) is 0 Å². The standard InChI is InChI=1S/C15H28N2O3/c1-11(18)16(2)12-9-14(19-3)15(20-4)10-13(12)17-7-5-6-8-17/h12-15H,5-10H2,1-4H3. The van der Waals surface area contributed by atoms with Crippen LogP contribution >= 0.6 is 0 Å². The Morgan fingerprint density at radius 2 is 1.65 bits per heavy atom. The van der Waals surface area contributed by atoms with Crippen LogP contribution in [0.15, 0.2) is 0 Å². The second-order valence-corrected chi connectivity index (χ2v) is 6.03. The fourth-order valence-corrected chi connectivity index (χ4v) is 3.71. The molecule has 5 heteroatoms. The predicted octanol–water partition coefficient (Wildman–Crippen LogP) is 1.12. The van der Waals surface area contributed by atoms with Crippen LogP contribution in [0.5, 0.6) is 0 Å². The molecule has 0 aromatic carbocycles. The van der Waals surface area contributed by atoms with E-state index in [1.165, 1.54) is 12.8 Å². The van der Waals surface area contributed by atoms with Gasteiger partial charge in [-0.3, -0.25) is 9.69 Å². The molecule has 1 amide bonds.